The van der Waals surface area contributed by atoms with Gasteiger partial charge >= 0.3 is 0 Å². The molecule has 0 saturated heterocycles. The molecule has 1 nitrogen and oxygen atoms in total. The van der Waals surface area contributed by atoms with Crippen LogP contribution in [0.25, 0.3) is 11.3 Å². The van der Waals surface area contributed by atoms with Gasteiger partial charge in [-0.15, -0.1) is 0 Å². The largest absolute Gasteiger partial charge is 0.212 e. The highest BCUT2D eigenvalue weighted by molar-refractivity contribution is 6.88. The predicted molar refractivity (Wildman–Crippen MR) is 85.5 cm³/mol. The topological polar surface area (TPSA) is 3.88 Å². The Morgan fingerprint density at radius 2 is 1.65 bits per heavy atom. The lowest BCUT2D eigenvalue weighted by molar-refractivity contribution is -0.659. The molecule has 0 N–H and O–H groups in total. The molecule has 0 bridgehead atoms. The average molecular weight is 288 g/mol. The van der Waals surface area contributed by atoms with Crippen LogP contribution in [-0.2, 0) is 7.05 Å². The van der Waals surface area contributed by atoms with Crippen molar-refractivity contribution in [1.82, 2.24) is 0 Å². The number of benzene rings is 1. The number of halogens is 1. The van der Waals surface area contributed by atoms with Crippen LogP contribution < -0.4 is 9.75 Å². The lowest BCUT2D eigenvalue weighted by atomic mass is 10.0. The van der Waals surface area contributed by atoms with Crippen LogP contribution >= 0.6 is 0 Å². The highest BCUT2D eigenvalue weighted by Gasteiger charge is 2.24. The van der Waals surface area contributed by atoms with Gasteiger partial charge in [-0.3, -0.25) is 0 Å². The minimum Gasteiger partial charge on any atom is -0.207 e. The number of hydrogen-bond acceptors (Lipinski definition) is 0. The van der Waals surface area contributed by atoms with Gasteiger partial charge in [0.05, 0.1) is 13.6 Å². The Bertz CT molecular complexity index is 657. The van der Waals surface area contributed by atoms with Crippen LogP contribution in [0.15, 0.2) is 30.5 Å². The van der Waals surface area contributed by atoms with E-state index in [0.29, 0.717) is 0 Å². The van der Waals surface area contributed by atoms with Crippen LogP contribution in [0.4, 0.5) is 4.39 Å². The number of aromatic nitrogens is 1. The van der Waals surface area contributed by atoms with Crippen molar-refractivity contribution in [1.29, 1.82) is 0 Å². The summed E-state index contributed by atoms with van der Waals surface area (Å²) in [6, 6.07) is 7.17. The minimum absolute atomic E-state index is 0.183. The van der Waals surface area contributed by atoms with Crippen molar-refractivity contribution < 1.29 is 8.96 Å². The Morgan fingerprint density at radius 1 is 1.00 bits per heavy atom. The average Bonchev–Trinajstić information content (AvgIpc) is 2.33. The second-order valence-electron chi connectivity index (χ2n) is 6.58. The fourth-order valence-corrected chi connectivity index (χ4v) is 4.51. The van der Waals surface area contributed by atoms with Gasteiger partial charge in [-0.1, -0.05) is 25.7 Å². The van der Waals surface area contributed by atoms with Crippen LogP contribution in [0.5, 0.6) is 0 Å². The fraction of sp³-hybridized carbons (Fsp3) is 0.353. The van der Waals surface area contributed by atoms with Crippen molar-refractivity contribution in [2.45, 2.75) is 33.5 Å². The molecular formula is C17H23FNSi+. The van der Waals surface area contributed by atoms with E-state index in [4.69, 9.17) is 0 Å². The zero-order valence-corrected chi connectivity index (χ0v) is 14.2. The number of aryl methyl sites for hydroxylation is 3. The zero-order valence-electron chi connectivity index (χ0n) is 13.2. The Balaban J connectivity index is 2.65. The van der Waals surface area contributed by atoms with E-state index in [2.05, 4.69) is 43.4 Å². The smallest absolute Gasteiger partial charge is 0.207 e. The van der Waals surface area contributed by atoms with Gasteiger partial charge in [0.2, 0.25) is 5.69 Å². The highest BCUT2D eigenvalue weighted by atomic mass is 28.3. The maximum absolute atomic E-state index is 13.5. The van der Waals surface area contributed by atoms with E-state index in [1.54, 1.807) is 6.07 Å². The lowest BCUT2D eigenvalue weighted by Gasteiger charge is -2.18. The number of rotatable bonds is 2. The van der Waals surface area contributed by atoms with Crippen molar-refractivity contribution in [3.63, 3.8) is 0 Å². The van der Waals surface area contributed by atoms with Gasteiger partial charge in [0.1, 0.15) is 12.9 Å². The van der Waals surface area contributed by atoms with E-state index in [1.165, 1.54) is 16.8 Å². The van der Waals surface area contributed by atoms with E-state index in [0.717, 1.165) is 16.8 Å². The molecule has 0 spiro atoms. The summed E-state index contributed by atoms with van der Waals surface area (Å²) in [5, 5.41) is 1.46. The molecule has 0 unspecified atom stereocenters. The summed E-state index contributed by atoms with van der Waals surface area (Å²) in [7, 11) is 0.692. The van der Waals surface area contributed by atoms with Gasteiger partial charge in [0.25, 0.3) is 0 Å². The molecule has 0 amide bonds. The van der Waals surface area contributed by atoms with Crippen LogP contribution in [0.2, 0.25) is 19.6 Å². The van der Waals surface area contributed by atoms with Crippen LogP contribution in [-0.4, -0.2) is 8.07 Å². The van der Waals surface area contributed by atoms with Crippen LogP contribution in [0.3, 0.4) is 0 Å². The summed E-state index contributed by atoms with van der Waals surface area (Å²) in [6.45, 7) is 11.2. The summed E-state index contributed by atoms with van der Waals surface area (Å²) in [5.41, 5.74) is 4.45. The van der Waals surface area contributed by atoms with E-state index in [1.807, 2.05) is 20.0 Å². The minimum atomic E-state index is -1.35. The zero-order chi connectivity index (χ0) is 15.1. The molecule has 0 radical (unpaired) electrons. The van der Waals surface area contributed by atoms with Gasteiger partial charge in [-0.25, -0.2) is 8.96 Å². The lowest BCUT2D eigenvalue weighted by Crippen LogP contribution is -2.46. The summed E-state index contributed by atoms with van der Waals surface area (Å²) in [5.74, 6) is -0.183. The summed E-state index contributed by atoms with van der Waals surface area (Å²) in [6.07, 6.45) is 2.22. The molecule has 20 heavy (non-hydrogen) atoms. The molecule has 0 atom stereocenters. The second kappa shape index (κ2) is 5.13. The van der Waals surface area contributed by atoms with Crippen molar-refractivity contribution in [3.8, 4) is 11.3 Å². The molecule has 1 aromatic carbocycles. The van der Waals surface area contributed by atoms with Crippen LogP contribution in [0.1, 0.15) is 11.1 Å². The molecule has 0 aliphatic carbocycles. The van der Waals surface area contributed by atoms with Crippen molar-refractivity contribution in [2.75, 3.05) is 0 Å². The van der Waals surface area contributed by atoms with Crippen molar-refractivity contribution >= 4 is 13.3 Å². The first-order valence-corrected chi connectivity index (χ1v) is 10.5. The molecule has 0 aliphatic heterocycles. The summed E-state index contributed by atoms with van der Waals surface area (Å²) < 4.78 is 15.7. The Labute approximate surface area is 122 Å². The summed E-state index contributed by atoms with van der Waals surface area (Å²) >= 11 is 0. The van der Waals surface area contributed by atoms with Gasteiger partial charge < -0.3 is 0 Å². The third-order valence-electron chi connectivity index (χ3n) is 3.76. The number of pyridine rings is 1. The van der Waals surface area contributed by atoms with E-state index in [9.17, 15) is 4.39 Å². The quantitative estimate of drug-likeness (QED) is 0.588. The molecule has 0 aliphatic rings. The van der Waals surface area contributed by atoms with Crippen molar-refractivity contribution in [3.05, 3.63) is 47.4 Å². The Hall–Kier alpha value is -1.48. The van der Waals surface area contributed by atoms with E-state index >= 15 is 0 Å². The Kier molecular flexibility index (Phi) is 3.83. The SMILES string of the molecule is Cc1ccc(F)cc1-c1cc(C)c([Si](C)(C)C)c[n+]1C. The first-order valence-electron chi connectivity index (χ1n) is 6.97. The first-order chi connectivity index (χ1) is 9.20. The van der Waals surface area contributed by atoms with E-state index < -0.39 is 8.07 Å². The molecular weight excluding hydrogens is 265 g/mol. The van der Waals surface area contributed by atoms with Crippen LogP contribution in [0, 0.1) is 19.7 Å². The normalized spacial score (nSPS) is 11.8. The molecule has 1 heterocycles. The van der Waals surface area contributed by atoms with Gasteiger partial charge in [0, 0.05) is 11.3 Å². The van der Waals surface area contributed by atoms with Crippen molar-refractivity contribution in [2.24, 2.45) is 7.05 Å². The monoisotopic (exact) mass is 288 g/mol. The molecule has 0 saturated carbocycles. The molecule has 2 rings (SSSR count). The first kappa shape index (κ1) is 14.9. The maximum Gasteiger partial charge on any atom is 0.212 e. The third kappa shape index (κ3) is 2.83. The fourth-order valence-electron chi connectivity index (χ4n) is 2.67. The van der Waals surface area contributed by atoms with E-state index in [-0.39, 0.29) is 5.82 Å². The predicted octanol–water partition coefficient (Wildman–Crippen LogP) is 3.48. The highest BCUT2D eigenvalue weighted by Crippen LogP contribution is 2.22. The maximum atomic E-state index is 13.5. The standard InChI is InChI=1S/C17H23FNSi/c1-12-7-8-14(18)10-15(12)16-9-13(2)17(11-19(16)3)20(4,5)6/h7-11H,1-6H3/q+1. The molecule has 3 heteroatoms. The molecule has 106 valence electrons. The third-order valence-corrected chi connectivity index (χ3v) is 5.90. The Morgan fingerprint density at radius 3 is 2.25 bits per heavy atom. The molecule has 1 aromatic heterocycles. The van der Waals surface area contributed by atoms with Gasteiger partial charge in [0.15, 0.2) is 6.20 Å². The number of nitrogens with zero attached hydrogens (tertiary/aromatic N) is 1. The van der Waals surface area contributed by atoms with Gasteiger partial charge in [-0.2, -0.15) is 0 Å². The summed E-state index contributed by atoms with van der Waals surface area (Å²) in [4.78, 5) is 0. The second-order valence-corrected chi connectivity index (χ2v) is 11.6. The van der Waals surface area contributed by atoms with Gasteiger partial charge in [-0.05, 0) is 37.1 Å². The molecule has 0 fully saturated rings. The molecule has 2 aromatic rings. The number of hydrogen-bond donors (Lipinski definition) is 0.